The van der Waals surface area contributed by atoms with Gasteiger partial charge in [0.05, 0.1) is 26.5 Å². The number of rotatable bonds is 3. The molecule has 0 saturated carbocycles. The lowest BCUT2D eigenvalue weighted by Crippen LogP contribution is -2.24. The van der Waals surface area contributed by atoms with E-state index in [0.717, 1.165) is 28.5 Å². The molecule has 1 aliphatic rings. The number of halogens is 1. The van der Waals surface area contributed by atoms with Gasteiger partial charge < -0.3 is 19.5 Å². The summed E-state index contributed by atoms with van der Waals surface area (Å²) in [6.45, 7) is 0.636. The summed E-state index contributed by atoms with van der Waals surface area (Å²) >= 11 is 5.99. The molecule has 1 N–H and O–H groups in total. The lowest BCUT2D eigenvalue weighted by atomic mass is 10.1. The van der Waals surface area contributed by atoms with Crippen molar-refractivity contribution in [3.05, 3.63) is 47.0 Å². The lowest BCUT2D eigenvalue weighted by molar-refractivity contribution is 0.205. The van der Waals surface area contributed by atoms with E-state index in [0.29, 0.717) is 11.6 Å². The van der Waals surface area contributed by atoms with Gasteiger partial charge in [0.2, 0.25) is 0 Å². The van der Waals surface area contributed by atoms with E-state index in [1.165, 1.54) is 0 Å². The molecule has 3 rings (SSSR count). The molecule has 0 saturated heterocycles. The Morgan fingerprint density at radius 1 is 1.14 bits per heavy atom. The van der Waals surface area contributed by atoms with Crippen LogP contribution in [0.15, 0.2) is 36.4 Å². The average molecular weight is 306 g/mol. The molecule has 5 heteroatoms. The van der Waals surface area contributed by atoms with Crippen LogP contribution in [0.5, 0.6) is 17.2 Å². The summed E-state index contributed by atoms with van der Waals surface area (Å²) < 4.78 is 16.8. The van der Waals surface area contributed by atoms with Crippen molar-refractivity contribution in [1.29, 1.82) is 0 Å². The van der Waals surface area contributed by atoms with Crippen molar-refractivity contribution in [2.45, 2.75) is 6.10 Å². The minimum Gasteiger partial charge on any atom is -0.497 e. The number of anilines is 1. The number of benzene rings is 2. The second-order valence-corrected chi connectivity index (χ2v) is 5.17. The van der Waals surface area contributed by atoms with Crippen LogP contribution in [0.25, 0.3) is 0 Å². The smallest absolute Gasteiger partial charge is 0.145 e. The van der Waals surface area contributed by atoms with Gasteiger partial charge in [0, 0.05) is 10.6 Å². The topological polar surface area (TPSA) is 39.7 Å². The third-order valence-corrected chi connectivity index (χ3v) is 3.71. The molecule has 0 spiro atoms. The maximum absolute atomic E-state index is 6.06. The van der Waals surface area contributed by atoms with Crippen LogP contribution in [0, 0.1) is 0 Å². The molecular weight excluding hydrogens is 290 g/mol. The normalized spacial score (nSPS) is 16.4. The van der Waals surface area contributed by atoms with Crippen molar-refractivity contribution < 1.29 is 14.2 Å². The van der Waals surface area contributed by atoms with E-state index in [2.05, 4.69) is 5.32 Å². The number of hydrogen-bond acceptors (Lipinski definition) is 4. The van der Waals surface area contributed by atoms with Gasteiger partial charge in [-0.3, -0.25) is 0 Å². The minimum atomic E-state index is -0.149. The largest absolute Gasteiger partial charge is 0.497 e. The molecular formula is C16H16ClNO3. The molecule has 2 aromatic carbocycles. The Morgan fingerprint density at radius 2 is 2.00 bits per heavy atom. The molecule has 2 aromatic rings. The molecule has 0 bridgehead atoms. The summed E-state index contributed by atoms with van der Waals surface area (Å²) in [6.07, 6.45) is -0.149. The summed E-state index contributed by atoms with van der Waals surface area (Å²) in [4.78, 5) is 0. The van der Waals surface area contributed by atoms with Gasteiger partial charge in [-0.2, -0.15) is 0 Å². The van der Waals surface area contributed by atoms with Gasteiger partial charge in [-0.15, -0.1) is 0 Å². The fourth-order valence-corrected chi connectivity index (χ4v) is 2.58. The predicted molar refractivity (Wildman–Crippen MR) is 82.9 cm³/mol. The zero-order valence-corrected chi connectivity index (χ0v) is 12.6. The Balaban J connectivity index is 1.93. The van der Waals surface area contributed by atoms with Crippen LogP contribution >= 0.6 is 11.6 Å². The first-order chi connectivity index (χ1) is 10.2. The summed E-state index contributed by atoms with van der Waals surface area (Å²) in [6, 6.07) is 11.2. The first-order valence-corrected chi connectivity index (χ1v) is 7.01. The maximum Gasteiger partial charge on any atom is 0.145 e. The van der Waals surface area contributed by atoms with Crippen molar-refractivity contribution in [2.24, 2.45) is 0 Å². The van der Waals surface area contributed by atoms with Gasteiger partial charge in [0.1, 0.15) is 23.4 Å². The van der Waals surface area contributed by atoms with Gasteiger partial charge in [0.15, 0.2) is 0 Å². The van der Waals surface area contributed by atoms with Gasteiger partial charge in [-0.1, -0.05) is 11.6 Å². The summed E-state index contributed by atoms with van der Waals surface area (Å²) in [5.74, 6) is 2.33. The maximum atomic E-state index is 6.06. The van der Waals surface area contributed by atoms with Crippen LogP contribution in [0.1, 0.15) is 11.7 Å². The van der Waals surface area contributed by atoms with E-state index >= 15 is 0 Å². The van der Waals surface area contributed by atoms with Crippen LogP contribution in [0.3, 0.4) is 0 Å². The van der Waals surface area contributed by atoms with Crippen molar-refractivity contribution in [3.63, 3.8) is 0 Å². The highest BCUT2D eigenvalue weighted by molar-refractivity contribution is 6.30. The highest BCUT2D eigenvalue weighted by Crippen LogP contribution is 2.39. The molecule has 1 heterocycles. The van der Waals surface area contributed by atoms with Crippen molar-refractivity contribution in [2.75, 3.05) is 26.1 Å². The molecule has 1 aliphatic heterocycles. The number of nitrogens with one attached hydrogen (secondary N) is 1. The fourth-order valence-electron chi connectivity index (χ4n) is 2.41. The Kier molecular flexibility index (Phi) is 3.80. The average Bonchev–Trinajstić information content (AvgIpc) is 2.53. The Morgan fingerprint density at radius 3 is 2.76 bits per heavy atom. The van der Waals surface area contributed by atoms with Crippen molar-refractivity contribution in [1.82, 2.24) is 0 Å². The first kappa shape index (κ1) is 13.9. The molecule has 110 valence electrons. The molecule has 4 nitrogen and oxygen atoms in total. The zero-order valence-electron chi connectivity index (χ0n) is 11.9. The number of methoxy groups -OCH3 is 2. The second-order valence-electron chi connectivity index (χ2n) is 4.74. The molecule has 0 radical (unpaired) electrons. The number of fused-ring (bicyclic) bond motifs is 1. The Hall–Kier alpha value is -2.07. The van der Waals surface area contributed by atoms with E-state index in [1.54, 1.807) is 14.2 Å². The number of hydrogen-bond donors (Lipinski definition) is 1. The second kappa shape index (κ2) is 5.74. The van der Waals surface area contributed by atoms with Crippen LogP contribution in [-0.4, -0.2) is 20.8 Å². The molecule has 1 unspecified atom stereocenters. The van der Waals surface area contributed by atoms with Crippen LogP contribution in [-0.2, 0) is 0 Å². The van der Waals surface area contributed by atoms with E-state index in [9.17, 15) is 0 Å². The lowest BCUT2D eigenvalue weighted by Gasteiger charge is -2.28. The first-order valence-electron chi connectivity index (χ1n) is 6.63. The van der Waals surface area contributed by atoms with Crippen LogP contribution in [0.2, 0.25) is 5.02 Å². The molecule has 0 amide bonds. The Labute approximate surface area is 128 Å². The van der Waals surface area contributed by atoms with Crippen molar-refractivity contribution >= 4 is 17.3 Å². The monoisotopic (exact) mass is 305 g/mol. The van der Waals surface area contributed by atoms with Crippen molar-refractivity contribution in [3.8, 4) is 17.2 Å². The molecule has 0 fully saturated rings. The van der Waals surface area contributed by atoms with E-state index < -0.39 is 0 Å². The van der Waals surface area contributed by atoms with Gasteiger partial charge in [-0.05, 0) is 36.4 Å². The van der Waals surface area contributed by atoms with Gasteiger partial charge in [-0.25, -0.2) is 0 Å². The third-order valence-electron chi connectivity index (χ3n) is 3.47. The summed E-state index contributed by atoms with van der Waals surface area (Å²) in [7, 11) is 3.29. The molecule has 21 heavy (non-hydrogen) atoms. The highest BCUT2D eigenvalue weighted by Gasteiger charge is 2.24. The molecule has 0 aliphatic carbocycles. The van der Waals surface area contributed by atoms with E-state index in [-0.39, 0.29) is 6.10 Å². The van der Waals surface area contributed by atoms with E-state index in [1.807, 2.05) is 36.4 Å². The van der Waals surface area contributed by atoms with Gasteiger partial charge >= 0.3 is 0 Å². The predicted octanol–water partition coefficient (Wildman–Crippen LogP) is 3.90. The quantitative estimate of drug-likeness (QED) is 0.933. The number of ether oxygens (including phenoxy) is 3. The SMILES string of the molecule is COc1ccc(OC)c(C2CNc3cc(Cl)ccc3O2)c1. The van der Waals surface area contributed by atoms with Crippen LogP contribution < -0.4 is 19.5 Å². The Bertz CT molecular complexity index is 660. The van der Waals surface area contributed by atoms with Gasteiger partial charge in [0.25, 0.3) is 0 Å². The third kappa shape index (κ3) is 2.72. The highest BCUT2D eigenvalue weighted by atomic mass is 35.5. The standard InChI is InChI=1S/C16H16ClNO3/c1-19-11-4-6-14(20-2)12(8-11)16-9-18-13-7-10(17)3-5-15(13)21-16/h3-8,16,18H,9H2,1-2H3. The zero-order chi connectivity index (χ0) is 14.8. The summed E-state index contributed by atoms with van der Waals surface area (Å²) in [5, 5.41) is 4.02. The minimum absolute atomic E-state index is 0.149. The molecule has 1 atom stereocenters. The fraction of sp³-hybridized carbons (Fsp3) is 0.250. The van der Waals surface area contributed by atoms with Crippen LogP contribution in [0.4, 0.5) is 5.69 Å². The summed E-state index contributed by atoms with van der Waals surface area (Å²) in [5.41, 5.74) is 1.85. The molecule has 0 aromatic heterocycles. The van der Waals surface area contributed by atoms with E-state index in [4.69, 9.17) is 25.8 Å².